The maximum absolute atomic E-state index is 12.8. The topological polar surface area (TPSA) is 108 Å². The number of hydrogen-bond donors (Lipinski definition) is 2. The largest absolute Gasteiger partial charge is 0.504 e. The summed E-state index contributed by atoms with van der Waals surface area (Å²) in [4.78, 5) is 12.6. The number of piperidine rings is 1. The number of carbonyl (C=O) groups excluding carboxylic acids is 1. The average molecular weight is 432 g/mol. The zero-order chi connectivity index (χ0) is 21.7. The number of nitrogens with one attached hydrogen (secondary N) is 1. The Morgan fingerprint density at radius 3 is 2.50 bits per heavy atom. The van der Waals surface area contributed by atoms with Crippen LogP contribution in [0.15, 0.2) is 52.5 Å². The predicted octanol–water partition coefficient (Wildman–Crippen LogP) is 2.26. The second-order valence-corrected chi connectivity index (χ2v) is 9.09. The molecule has 2 aromatic rings. The van der Waals surface area contributed by atoms with Crippen molar-refractivity contribution in [3.05, 3.63) is 53.6 Å². The van der Waals surface area contributed by atoms with Gasteiger partial charge in [0.25, 0.3) is 0 Å². The van der Waals surface area contributed by atoms with E-state index in [0.717, 1.165) is 5.56 Å². The maximum atomic E-state index is 12.8. The number of nitrogens with zero attached hydrogens (tertiary/aromatic N) is 2. The highest BCUT2D eigenvalue weighted by atomic mass is 32.2. The van der Waals surface area contributed by atoms with E-state index < -0.39 is 10.0 Å². The fourth-order valence-corrected chi connectivity index (χ4v) is 4.72. The summed E-state index contributed by atoms with van der Waals surface area (Å²) in [7, 11) is -2.10. The highest BCUT2D eigenvalue weighted by Crippen LogP contribution is 2.26. The van der Waals surface area contributed by atoms with Gasteiger partial charge in [0.2, 0.25) is 15.9 Å². The van der Waals surface area contributed by atoms with E-state index in [2.05, 4.69) is 10.5 Å². The summed E-state index contributed by atoms with van der Waals surface area (Å²) in [6.45, 7) is 2.47. The van der Waals surface area contributed by atoms with Crippen molar-refractivity contribution >= 4 is 22.1 Å². The van der Waals surface area contributed by atoms with Crippen molar-refractivity contribution in [2.45, 2.75) is 24.7 Å². The van der Waals surface area contributed by atoms with Crippen LogP contribution >= 0.6 is 0 Å². The molecule has 0 unspecified atom stereocenters. The fraction of sp³-hybridized carbons (Fsp3) is 0.333. The molecule has 30 heavy (non-hydrogen) atoms. The van der Waals surface area contributed by atoms with Crippen molar-refractivity contribution in [1.29, 1.82) is 0 Å². The highest BCUT2D eigenvalue weighted by molar-refractivity contribution is 7.89. The Bertz CT molecular complexity index is 1030. The SMILES string of the molecule is COc1cc(/C=N\NC(=O)C2CCN(S(=O)(=O)c3ccc(C)cc3)CC2)ccc1O. The minimum atomic E-state index is -3.55. The van der Waals surface area contributed by atoms with Gasteiger partial charge in [-0.3, -0.25) is 4.79 Å². The summed E-state index contributed by atoms with van der Waals surface area (Å²) in [6, 6.07) is 11.5. The van der Waals surface area contributed by atoms with Crippen molar-refractivity contribution in [3.63, 3.8) is 0 Å². The van der Waals surface area contributed by atoms with E-state index in [0.29, 0.717) is 24.2 Å². The predicted molar refractivity (Wildman–Crippen MR) is 113 cm³/mol. The zero-order valence-corrected chi connectivity index (χ0v) is 17.7. The Hall–Kier alpha value is -2.91. The van der Waals surface area contributed by atoms with Gasteiger partial charge in [0.15, 0.2) is 11.5 Å². The summed E-state index contributed by atoms with van der Waals surface area (Å²) >= 11 is 0. The maximum Gasteiger partial charge on any atom is 0.243 e. The summed E-state index contributed by atoms with van der Waals surface area (Å²) in [5, 5.41) is 13.5. The first-order valence-electron chi connectivity index (χ1n) is 9.58. The molecule has 0 aliphatic carbocycles. The van der Waals surface area contributed by atoms with Crippen molar-refractivity contribution < 1.29 is 23.1 Å². The molecule has 1 saturated heterocycles. The highest BCUT2D eigenvalue weighted by Gasteiger charge is 2.32. The van der Waals surface area contributed by atoms with Gasteiger partial charge >= 0.3 is 0 Å². The molecule has 160 valence electrons. The molecular weight excluding hydrogens is 406 g/mol. The molecule has 1 fully saturated rings. The summed E-state index contributed by atoms with van der Waals surface area (Å²) in [5.41, 5.74) is 4.16. The molecule has 2 aromatic carbocycles. The number of methoxy groups -OCH3 is 1. The second-order valence-electron chi connectivity index (χ2n) is 7.16. The van der Waals surface area contributed by atoms with Crippen molar-refractivity contribution in [2.24, 2.45) is 11.0 Å². The first-order chi connectivity index (χ1) is 14.3. The number of hydrazone groups is 1. The molecule has 2 N–H and O–H groups in total. The van der Waals surface area contributed by atoms with Gasteiger partial charge in [-0.2, -0.15) is 9.41 Å². The molecule has 0 radical (unpaired) electrons. The van der Waals surface area contributed by atoms with Crippen LogP contribution in [0, 0.1) is 12.8 Å². The Kier molecular flexibility index (Phi) is 6.73. The molecule has 1 aliphatic heterocycles. The number of aromatic hydroxyl groups is 1. The standard InChI is InChI=1S/C21H25N3O5S/c1-15-3-6-18(7-4-15)30(27,28)24-11-9-17(10-12-24)21(26)23-22-14-16-5-8-19(25)20(13-16)29-2/h3-8,13-14,17,25H,9-12H2,1-2H3,(H,23,26)/b22-14-. The Labute approximate surface area is 176 Å². The third-order valence-electron chi connectivity index (χ3n) is 5.08. The van der Waals surface area contributed by atoms with Crippen molar-refractivity contribution in [3.8, 4) is 11.5 Å². The van der Waals surface area contributed by atoms with Crippen LogP contribution in [-0.2, 0) is 14.8 Å². The lowest BCUT2D eigenvalue weighted by Crippen LogP contribution is -2.42. The molecule has 3 rings (SSSR count). The van der Waals surface area contributed by atoms with E-state index >= 15 is 0 Å². The first-order valence-corrected chi connectivity index (χ1v) is 11.0. The second kappa shape index (κ2) is 9.27. The average Bonchev–Trinajstić information content (AvgIpc) is 2.75. The van der Waals surface area contributed by atoms with Crippen molar-refractivity contribution in [2.75, 3.05) is 20.2 Å². The van der Waals surface area contributed by atoms with Crippen LogP contribution in [0.1, 0.15) is 24.0 Å². The molecule has 0 atom stereocenters. The fourth-order valence-electron chi connectivity index (χ4n) is 3.25. The quantitative estimate of drug-likeness (QED) is 0.539. The van der Waals surface area contributed by atoms with Crippen LogP contribution in [-0.4, -0.2) is 50.2 Å². The lowest BCUT2D eigenvalue weighted by atomic mass is 9.98. The van der Waals surface area contributed by atoms with E-state index in [4.69, 9.17) is 4.74 Å². The number of carbonyl (C=O) groups is 1. The third kappa shape index (κ3) is 4.98. The van der Waals surface area contributed by atoms with E-state index in [1.165, 1.54) is 23.7 Å². The van der Waals surface area contributed by atoms with Crippen LogP contribution < -0.4 is 10.2 Å². The molecule has 0 saturated carbocycles. The van der Waals surface area contributed by atoms with Gasteiger partial charge in [0.1, 0.15) is 0 Å². The van der Waals surface area contributed by atoms with E-state index in [9.17, 15) is 18.3 Å². The van der Waals surface area contributed by atoms with E-state index in [1.54, 1.807) is 36.4 Å². The monoisotopic (exact) mass is 431 g/mol. The molecule has 1 amide bonds. The number of amides is 1. The lowest BCUT2D eigenvalue weighted by molar-refractivity contribution is -0.126. The minimum absolute atomic E-state index is 0.0195. The molecular formula is C21H25N3O5S. The summed E-state index contributed by atoms with van der Waals surface area (Å²) in [6.07, 6.45) is 2.32. The molecule has 9 heteroatoms. The minimum Gasteiger partial charge on any atom is -0.504 e. The van der Waals surface area contributed by atoms with Crippen molar-refractivity contribution in [1.82, 2.24) is 9.73 Å². The van der Waals surface area contributed by atoms with Crippen LogP contribution in [0.2, 0.25) is 0 Å². The molecule has 0 spiro atoms. The van der Waals surface area contributed by atoms with Gasteiger partial charge in [-0.1, -0.05) is 17.7 Å². The smallest absolute Gasteiger partial charge is 0.243 e. The van der Waals surface area contributed by atoms with E-state index in [-0.39, 0.29) is 35.6 Å². The van der Waals surface area contributed by atoms with Crippen LogP contribution in [0.25, 0.3) is 0 Å². The van der Waals surface area contributed by atoms with Crippen LogP contribution in [0.5, 0.6) is 11.5 Å². The Balaban J connectivity index is 1.54. The molecule has 0 aromatic heterocycles. The molecule has 1 heterocycles. The molecule has 0 bridgehead atoms. The van der Waals surface area contributed by atoms with Gasteiger partial charge in [-0.25, -0.2) is 13.8 Å². The zero-order valence-electron chi connectivity index (χ0n) is 16.9. The number of aryl methyl sites for hydroxylation is 1. The number of hydrogen-bond acceptors (Lipinski definition) is 6. The van der Waals surface area contributed by atoms with Gasteiger partial charge in [0, 0.05) is 19.0 Å². The van der Waals surface area contributed by atoms with Crippen LogP contribution in [0.4, 0.5) is 0 Å². The Morgan fingerprint density at radius 2 is 1.87 bits per heavy atom. The normalized spacial score (nSPS) is 15.9. The van der Waals surface area contributed by atoms with Gasteiger partial charge in [0.05, 0.1) is 18.2 Å². The number of phenols is 1. The summed E-state index contributed by atoms with van der Waals surface area (Å²) < 4.78 is 32.0. The van der Waals surface area contributed by atoms with Crippen LogP contribution in [0.3, 0.4) is 0 Å². The number of benzene rings is 2. The Morgan fingerprint density at radius 1 is 1.20 bits per heavy atom. The lowest BCUT2D eigenvalue weighted by Gasteiger charge is -2.30. The number of rotatable bonds is 6. The summed E-state index contributed by atoms with van der Waals surface area (Å²) in [5.74, 6) is -0.219. The number of phenolic OH excluding ortho intramolecular Hbond substituents is 1. The molecule has 1 aliphatic rings. The number of sulfonamides is 1. The number of ether oxygens (including phenoxy) is 1. The van der Waals surface area contributed by atoms with Gasteiger partial charge < -0.3 is 9.84 Å². The van der Waals surface area contributed by atoms with E-state index in [1.807, 2.05) is 6.92 Å². The first kappa shape index (κ1) is 21.8. The third-order valence-corrected chi connectivity index (χ3v) is 6.99. The molecule has 8 nitrogen and oxygen atoms in total. The van der Waals surface area contributed by atoms with Gasteiger partial charge in [-0.05, 0) is 55.7 Å². The van der Waals surface area contributed by atoms with Gasteiger partial charge in [-0.15, -0.1) is 0 Å².